The van der Waals surface area contributed by atoms with Gasteiger partial charge in [0.15, 0.2) is 16.2 Å². The van der Waals surface area contributed by atoms with Gasteiger partial charge in [0.1, 0.15) is 0 Å². The van der Waals surface area contributed by atoms with Crippen molar-refractivity contribution in [3.63, 3.8) is 0 Å². The first-order chi connectivity index (χ1) is 12.9. The van der Waals surface area contributed by atoms with Crippen LogP contribution >= 0.6 is 0 Å². The summed E-state index contributed by atoms with van der Waals surface area (Å²) in [6, 6.07) is 10.6. The molecule has 2 N–H and O–H groups in total. The summed E-state index contributed by atoms with van der Waals surface area (Å²) in [7, 11) is -3.63. The first kappa shape index (κ1) is 18.1. The molecule has 0 bridgehead atoms. The number of benzene rings is 1. The van der Waals surface area contributed by atoms with Gasteiger partial charge in [-0.15, -0.1) is 4.72 Å². The van der Waals surface area contributed by atoms with E-state index in [2.05, 4.69) is 15.0 Å². The maximum Gasteiger partial charge on any atom is 0.253 e. The molecule has 0 aliphatic carbocycles. The van der Waals surface area contributed by atoms with Gasteiger partial charge < -0.3 is 14.8 Å². The Morgan fingerprint density at radius 2 is 2.07 bits per heavy atom. The molecule has 4 rings (SSSR count). The van der Waals surface area contributed by atoms with E-state index >= 15 is 0 Å². The molecule has 7 nitrogen and oxygen atoms in total. The Morgan fingerprint density at radius 3 is 2.85 bits per heavy atom. The van der Waals surface area contributed by atoms with Crippen molar-refractivity contribution in [2.24, 2.45) is 0 Å². The summed E-state index contributed by atoms with van der Waals surface area (Å²) < 4.78 is 27.7. The lowest BCUT2D eigenvalue weighted by Crippen LogP contribution is -2.59. The summed E-state index contributed by atoms with van der Waals surface area (Å²) in [5, 5.41) is 3.33. The molecule has 2 aliphatic rings. The van der Waals surface area contributed by atoms with Crippen molar-refractivity contribution >= 4 is 22.1 Å². The van der Waals surface area contributed by atoms with Gasteiger partial charge in [0.25, 0.3) is 5.91 Å². The molecule has 142 valence electrons. The lowest BCUT2D eigenvalue weighted by Gasteiger charge is -2.42. The average molecular weight is 386 g/mol. The highest BCUT2D eigenvalue weighted by atomic mass is 32.3. The highest BCUT2D eigenvalue weighted by molar-refractivity contribution is 7.96. The summed E-state index contributed by atoms with van der Waals surface area (Å²) in [4.78, 5) is 19.1. The van der Waals surface area contributed by atoms with Crippen LogP contribution in [-0.2, 0) is 14.6 Å². The maximum atomic E-state index is 12.9. The Kier molecular flexibility index (Phi) is 4.49. The second-order valence-corrected chi connectivity index (χ2v) is 9.01. The number of likely N-dealkylation sites (tertiary alicyclic amines) is 1. The topological polar surface area (TPSA) is 97.4 Å². The van der Waals surface area contributed by atoms with E-state index in [9.17, 15) is 13.6 Å². The van der Waals surface area contributed by atoms with E-state index in [1.807, 2.05) is 31.2 Å². The number of nitrogens with one attached hydrogen (secondary N) is 2. The Balaban J connectivity index is 1.61. The molecule has 0 saturated carbocycles. The summed E-state index contributed by atoms with van der Waals surface area (Å²) >= 11 is 0. The molecule has 2 aliphatic heterocycles. The number of carbonyl (C=O) groups excluding carboxylic acids is 1. The summed E-state index contributed by atoms with van der Waals surface area (Å²) in [6.45, 7) is 3.26. The minimum atomic E-state index is -3.63. The smallest absolute Gasteiger partial charge is 0.253 e. The zero-order chi connectivity index (χ0) is 19.1. The van der Waals surface area contributed by atoms with E-state index in [-0.39, 0.29) is 17.3 Å². The molecule has 2 atom stereocenters. The zero-order valence-electron chi connectivity index (χ0n) is 15.1. The number of piperidine rings is 1. The van der Waals surface area contributed by atoms with E-state index in [1.54, 1.807) is 17.2 Å². The molecule has 27 heavy (non-hydrogen) atoms. The molecule has 8 heteroatoms. The number of nitrogens with zero attached hydrogens (tertiary/aromatic N) is 2. The first-order valence-electron chi connectivity index (χ1n) is 8.97. The lowest BCUT2D eigenvalue weighted by molar-refractivity contribution is 0.0663. The highest BCUT2D eigenvalue weighted by Crippen LogP contribution is 2.33. The van der Waals surface area contributed by atoms with Gasteiger partial charge in [-0.05, 0) is 38.0 Å². The van der Waals surface area contributed by atoms with Crippen LogP contribution in [0.25, 0.3) is 0 Å². The van der Waals surface area contributed by atoms with Gasteiger partial charge in [0.05, 0.1) is 12.1 Å². The predicted octanol–water partition coefficient (Wildman–Crippen LogP) is 1.98. The number of anilines is 1. The van der Waals surface area contributed by atoms with Crippen molar-refractivity contribution in [1.29, 1.82) is 0 Å². The number of hydrogen-bond acceptors (Lipinski definition) is 5. The monoisotopic (exact) mass is 386 g/mol. The maximum absolute atomic E-state index is 12.9. The molecule has 1 aromatic carbocycles. The third-order valence-corrected chi connectivity index (χ3v) is 6.64. The third-order valence-electron chi connectivity index (χ3n) is 5.21. The van der Waals surface area contributed by atoms with E-state index < -0.39 is 15.9 Å². The summed E-state index contributed by atoms with van der Waals surface area (Å²) in [5.74, 6) is 0.302. The summed E-state index contributed by atoms with van der Waals surface area (Å²) in [5.41, 5.74) is 1.17. The van der Waals surface area contributed by atoms with E-state index in [0.29, 0.717) is 24.5 Å². The number of sulfonamides is 1. The molecule has 0 radical (unpaired) electrons. The quantitative estimate of drug-likeness (QED) is 0.731. The predicted molar refractivity (Wildman–Crippen MR) is 102 cm³/mol. The van der Waals surface area contributed by atoms with Crippen molar-refractivity contribution in [3.05, 3.63) is 53.7 Å². The van der Waals surface area contributed by atoms with Crippen molar-refractivity contribution in [3.8, 4) is 0 Å². The largest absolute Gasteiger partial charge is 0.593 e. The Morgan fingerprint density at radius 1 is 1.30 bits per heavy atom. The van der Waals surface area contributed by atoms with Gasteiger partial charge in [-0.3, -0.25) is 4.79 Å². The SMILES string of the molecule is Cc1ccc(C(=O)N2CCCC3(CN[S+](=O)([O-])c4cccnc4N3)C2)cc1. The fraction of sp³-hybridized carbons (Fsp3) is 0.368. The first-order valence-corrected chi connectivity index (χ1v) is 10.5. The Labute approximate surface area is 159 Å². The fourth-order valence-corrected chi connectivity index (χ4v) is 4.98. The lowest BCUT2D eigenvalue weighted by atomic mass is 9.88. The molecule has 1 amide bonds. The van der Waals surface area contributed by atoms with Crippen molar-refractivity contribution in [2.75, 3.05) is 25.0 Å². The van der Waals surface area contributed by atoms with Crippen LogP contribution in [0.5, 0.6) is 0 Å². The molecule has 3 heterocycles. The van der Waals surface area contributed by atoms with Gasteiger partial charge in [-0.25, -0.2) is 4.98 Å². The number of amides is 1. The van der Waals surface area contributed by atoms with Crippen molar-refractivity contribution < 1.29 is 13.6 Å². The van der Waals surface area contributed by atoms with Crippen LogP contribution in [0, 0.1) is 6.92 Å². The number of pyridine rings is 1. The normalized spacial score (nSPS) is 27.6. The molecule has 1 fully saturated rings. The molecule has 1 saturated heterocycles. The molecule has 1 spiro atoms. The van der Waals surface area contributed by atoms with Gasteiger partial charge >= 0.3 is 0 Å². The number of aromatic nitrogens is 1. The standard InChI is InChI=1S/C19H22N4O3S/c1-14-5-7-15(8-6-14)18(24)23-11-3-9-19(13-23)12-21-27(25,26)16-4-2-10-20-17(16)22-19/h2,4-8,10H,3,9,11-13H2,1H3,(H2-,20,21,22,25,26). The van der Waals surface area contributed by atoms with Crippen LogP contribution in [-0.4, -0.2) is 45.5 Å². The highest BCUT2D eigenvalue weighted by Gasteiger charge is 2.43. The van der Waals surface area contributed by atoms with Crippen LogP contribution in [0.2, 0.25) is 0 Å². The average Bonchev–Trinajstić information content (AvgIpc) is 2.77. The molecular weight excluding hydrogens is 364 g/mol. The van der Waals surface area contributed by atoms with Gasteiger partial charge in [0, 0.05) is 30.9 Å². The minimum Gasteiger partial charge on any atom is -0.593 e. The number of aryl methyl sites for hydroxylation is 1. The van der Waals surface area contributed by atoms with E-state index in [4.69, 9.17) is 0 Å². The van der Waals surface area contributed by atoms with E-state index in [1.165, 1.54) is 6.07 Å². The van der Waals surface area contributed by atoms with Gasteiger partial charge in [-0.1, -0.05) is 21.9 Å². The number of carbonyl (C=O) groups is 1. The van der Waals surface area contributed by atoms with E-state index in [0.717, 1.165) is 18.4 Å². The molecule has 2 aromatic rings. The van der Waals surface area contributed by atoms with Crippen LogP contribution in [0.3, 0.4) is 0 Å². The van der Waals surface area contributed by atoms with Gasteiger partial charge in [0.2, 0.25) is 4.90 Å². The van der Waals surface area contributed by atoms with Crippen LogP contribution in [0.15, 0.2) is 47.5 Å². The van der Waals surface area contributed by atoms with Crippen LogP contribution in [0.1, 0.15) is 28.8 Å². The van der Waals surface area contributed by atoms with Crippen molar-refractivity contribution in [1.82, 2.24) is 14.6 Å². The molecule has 2 unspecified atom stereocenters. The number of rotatable bonds is 1. The Bertz CT molecular complexity index is 917. The third kappa shape index (κ3) is 3.47. The zero-order valence-corrected chi connectivity index (χ0v) is 15.9. The van der Waals surface area contributed by atoms with Crippen molar-refractivity contribution in [2.45, 2.75) is 30.2 Å². The second-order valence-electron chi connectivity index (χ2n) is 7.28. The summed E-state index contributed by atoms with van der Waals surface area (Å²) in [6.07, 6.45) is 3.11. The van der Waals surface area contributed by atoms with Gasteiger partial charge in [-0.2, -0.15) is 0 Å². The second kappa shape index (κ2) is 6.70. The van der Waals surface area contributed by atoms with Crippen LogP contribution < -0.4 is 10.0 Å². The minimum absolute atomic E-state index is 0.0378. The number of fused-ring (bicyclic) bond motifs is 1. The molecule has 1 aromatic heterocycles. The molecular formula is C19H22N4O3S. The fourth-order valence-electron chi connectivity index (χ4n) is 3.74. The van der Waals surface area contributed by atoms with Crippen LogP contribution in [0.4, 0.5) is 5.82 Å². The Hall–Kier alpha value is -2.29. The number of hydrogen-bond donors (Lipinski definition) is 2.